The van der Waals surface area contributed by atoms with Gasteiger partial charge in [-0.15, -0.1) is 0 Å². The molecule has 0 aromatic heterocycles. The van der Waals surface area contributed by atoms with E-state index in [1.165, 1.54) is 12.8 Å². The zero-order valence-electron chi connectivity index (χ0n) is 8.24. The molecule has 0 bridgehead atoms. The zero-order valence-corrected chi connectivity index (χ0v) is 9.82. The van der Waals surface area contributed by atoms with Gasteiger partial charge in [0.2, 0.25) is 0 Å². The van der Waals surface area contributed by atoms with Crippen LogP contribution in [0.15, 0.2) is 0 Å². The van der Waals surface area contributed by atoms with Crippen LogP contribution in [0.3, 0.4) is 0 Å². The molecule has 14 heavy (non-hydrogen) atoms. The van der Waals surface area contributed by atoms with E-state index in [2.05, 4.69) is 20.8 Å². The van der Waals surface area contributed by atoms with Crippen LogP contribution < -0.4 is 0 Å². The van der Waals surface area contributed by atoms with E-state index in [0.29, 0.717) is 18.5 Å². The van der Waals surface area contributed by atoms with E-state index in [4.69, 9.17) is 0 Å². The second kappa shape index (κ2) is 3.71. The SMILES string of the molecule is FC1(F)CCN(CC2(CBr)CC2)CC1. The molecule has 0 aromatic rings. The maximum atomic E-state index is 12.9. The van der Waals surface area contributed by atoms with Crippen molar-refractivity contribution in [3.63, 3.8) is 0 Å². The summed E-state index contributed by atoms with van der Waals surface area (Å²) >= 11 is 3.51. The minimum absolute atomic E-state index is 0.0470. The van der Waals surface area contributed by atoms with Crippen molar-refractivity contribution in [2.75, 3.05) is 25.0 Å². The van der Waals surface area contributed by atoms with Gasteiger partial charge in [0.15, 0.2) is 0 Å². The van der Waals surface area contributed by atoms with E-state index in [9.17, 15) is 8.78 Å². The van der Waals surface area contributed by atoms with Crippen LogP contribution in [-0.4, -0.2) is 35.8 Å². The highest BCUT2D eigenvalue weighted by molar-refractivity contribution is 9.09. The molecule has 0 N–H and O–H groups in total. The highest BCUT2D eigenvalue weighted by atomic mass is 79.9. The van der Waals surface area contributed by atoms with Gasteiger partial charge in [0.1, 0.15) is 0 Å². The number of halogens is 3. The summed E-state index contributed by atoms with van der Waals surface area (Å²) in [6.07, 6.45) is 2.60. The highest BCUT2D eigenvalue weighted by Gasteiger charge is 2.44. The first-order valence-corrected chi connectivity index (χ1v) is 6.34. The van der Waals surface area contributed by atoms with Crippen molar-refractivity contribution in [3.05, 3.63) is 0 Å². The van der Waals surface area contributed by atoms with Gasteiger partial charge < -0.3 is 4.90 Å². The summed E-state index contributed by atoms with van der Waals surface area (Å²) in [6, 6.07) is 0. The summed E-state index contributed by atoms with van der Waals surface area (Å²) in [4.78, 5) is 2.20. The minimum Gasteiger partial charge on any atom is -0.302 e. The number of hydrogen-bond donors (Lipinski definition) is 0. The lowest BCUT2D eigenvalue weighted by atomic mass is 10.0. The molecule has 0 radical (unpaired) electrons. The largest absolute Gasteiger partial charge is 0.302 e. The fraction of sp³-hybridized carbons (Fsp3) is 1.00. The Morgan fingerprint density at radius 1 is 1.07 bits per heavy atom. The fourth-order valence-corrected chi connectivity index (χ4v) is 2.76. The summed E-state index contributed by atoms with van der Waals surface area (Å²) in [5.41, 5.74) is 0.423. The molecule has 0 spiro atoms. The van der Waals surface area contributed by atoms with Gasteiger partial charge in [-0.3, -0.25) is 0 Å². The van der Waals surface area contributed by atoms with Crippen molar-refractivity contribution < 1.29 is 8.78 Å². The molecule has 1 aliphatic carbocycles. The van der Waals surface area contributed by atoms with Crippen molar-refractivity contribution in [1.29, 1.82) is 0 Å². The van der Waals surface area contributed by atoms with Crippen LogP contribution in [0.4, 0.5) is 8.78 Å². The van der Waals surface area contributed by atoms with Crippen LogP contribution in [0.25, 0.3) is 0 Å². The lowest BCUT2D eigenvalue weighted by Crippen LogP contribution is -2.42. The van der Waals surface area contributed by atoms with Crippen molar-refractivity contribution >= 4 is 15.9 Å². The molecule has 4 heteroatoms. The molecule has 1 heterocycles. The topological polar surface area (TPSA) is 3.24 Å². The minimum atomic E-state index is -2.40. The molecule has 1 saturated carbocycles. The molecule has 1 aliphatic heterocycles. The summed E-state index contributed by atoms with van der Waals surface area (Å²) in [5.74, 6) is -2.40. The Labute approximate surface area is 92.0 Å². The van der Waals surface area contributed by atoms with E-state index in [-0.39, 0.29) is 12.8 Å². The first-order chi connectivity index (χ1) is 6.55. The normalized spacial score (nSPS) is 30.2. The standard InChI is InChI=1S/C10H16BrF2N/c11-7-9(1-2-9)8-14-5-3-10(12,13)4-6-14/h1-8H2. The zero-order chi connectivity index (χ0) is 10.2. The maximum Gasteiger partial charge on any atom is 0.250 e. The van der Waals surface area contributed by atoms with E-state index in [0.717, 1.165) is 11.9 Å². The molecular weight excluding hydrogens is 252 g/mol. The Morgan fingerprint density at radius 2 is 1.64 bits per heavy atom. The quantitative estimate of drug-likeness (QED) is 0.711. The van der Waals surface area contributed by atoms with Crippen LogP contribution in [0, 0.1) is 5.41 Å². The number of rotatable bonds is 3. The van der Waals surface area contributed by atoms with E-state index in [1.54, 1.807) is 0 Å². The Morgan fingerprint density at radius 3 is 2.07 bits per heavy atom. The molecule has 0 atom stereocenters. The van der Waals surface area contributed by atoms with Crippen molar-refractivity contribution in [3.8, 4) is 0 Å². The Hall–Kier alpha value is 0.300. The van der Waals surface area contributed by atoms with Crippen molar-refractivity contribution in [1.82, 2.24) is 4.90 Å². The van der Waals surface area contributed by atoms with E-state index in [1.807, 2.05) is 0 Å². The molecule has 1 nitrogen and oxygen atoms in total. The van der Waals surface area contributed by atoms with Crippen LogP contribution >= 0.6 is 15.9 Å². The van der Waals surface area contributed by atoms with Crippen LogP contribution in [-0.2, 0) is 0 Å². The number of alkyl halides is 3. The fourth-order valence-electron chi connectivity index (χ4n) is 2.02. The van der Waals surface area contributed by atoms with Gasteiger partial charge in [-0.05, 0) is 18.3 Å². The third-order valence-corrected chi connectivity index (χ3v) is 4.58. The van der Waals surface area contributed by atoms with Crippen LogP contribution in [0.2, 0.25) is 0 Å². The first-order valence-electron chi connectivity index (χ1n) is 5.22. The van der Waals surface area contributed by atoms with Crippen molar-refractivity contribution in [2.24, 2.45) is 5.41 Å². The predicted octanol–water partition coefficient (Wildman–Crippen LogP) is 2.89. The second-order valence-corrected chi connectivity index (χ2v) is 5.33. The Kier molecular flexibility index (Phi) is 2.86. The third-order valence-electron chi connectivity index (χ3n) is 3.39. The Balaban J connectivity index is 1.79. The summed E-state index contributed by atoms with van der Waals surface area (Å²) in [5, 5.41) is 1.02. The van der Waals surface area contributed by atoms with Crippen LogP contribution in [0.1, 0.15) is 25.7 Å². The summed E-state index contributed by atoms with van der Waals surface area (Å²) in [6.45, 7) is 2.15. The number of piperidine rings is 1. The van der Waals surface area contributed by atoms with E-state index < -0.39 is 5.92 Å². The second-order valence-electron chi connectivity index (χ2n) is 4.77. The monoisotopic (exact) mass is 267 g/mol. The van der Waals surface area contributed by atoms with Gasteiger partial charge in [0.05, 0.1) is 0 Å². The van der Waals surface area contributed by atoms with Gasteiger partial charge in [-0.25, -0.2) is 8.78 Å². The molecular formula is C10H16BrF2N. The maximum absolute atomic E-state index is 12.9. The lowest BCUT2D eigenvalue weighted by molar-refractivity contribution is -0.0575. The van der Waals surface area contributed by atoms with Gasteiger partial charge in [-0.2, -0.15) is 0 Å². The third kappa shape index (κ3) is 2.45. The Bertz CT molecular complexity index is 206. The van der Waals surface area contributed by atoms with Gasteiger partial charge >= 0.3 is 0 Å². The lowest BCUT2D eigenvalue weighted by Gasteiger charge is -2.33. The number of likely N-dealkylation sites (tertiary alicyclic amines) is 1. The smallest absolute Gasteiger partial charge is 0.250 e. The summed E-state index contributed by atoms with van der Waals surface area (Å²) < 4.78 is 25.7. The van der Waals surface area contributed by atoms with Gasteiger partial charge in [0.25, 0.3) is 5.92 Å². The average molecular weight is 268 g/mol. The average Bonchev–Trinajstić information content (AvgIpc) is 2.90. The molecule has 0 amide bonds. The van der Waals surface area contributed by atoms with Gasteiger partial charge in [0, 0.05) is 37.8 Å². The molecule has 82 valence electrons. The number of hydrogen-bond acceptors (Lipinski definition) is 1. The molecule has 0 unspecified atom stereocenters. The van der Waals surface area contributed by atoms with Crippen molar-refractivity contribution in [2.45, 2.75) is 31.6 Å². The van der Waals surface area contributed by atoms with Gasteiger partial charge in [-0.1, -0.05) is 15.9 Å². The highest BCUT2D eigenvalue weighted by Crippen LogP contribution is 2.48. The molecule has 0 aromatic carbocycles. The molecule has 1 saturated heterocycles. The first kappa shape index (κ1) is 10.8. The number of nitrogens with zero attached hydrogens (tertiary/aromatic N) is 1. The molecule has 2 aliphatic rings. The van der Waals surface area contributed by atoms with Crippen LogP contribution in [0.5, 0.6) is 0 Å². The summed E-state index contributed by atoms with van der Waals surface area (Å²) in [7, 11) is 0. The molecule has 2 fully saturated rings. The molecule has 2 rings (SSSR count). The predicted molar refractivity (Wildman–Crippen MR) is 56.1 cm³/mol. The van der Waals surface area contributed by atoms with E-state index >= 15 is 0 Å².